The van der Waals surface area contributed by atoms with Crippen LogP contribution in [0.25, 0.3) is 0 Å². The van der Waals surface area contributed by atoms with Gasteiger partial charge >= 0.3 is 5.97 Å². The summed E-state index contributed by atoms with van der Waals surface area (Å²) in [6, 6.07) is 12.4. The van der Waals surface area contributed by atoms with Crippen molar-refractivity contribution in [3.05, 3.63) is 59.7 Å². The number of aromatic hydroxyl groups is 2. The standard InChI is InChI=1S/C22H27NO5/c1-15(2)14-28-22(27)20(13-17-5-10-19(25)11-6-17)23-21(26)12-7-16-3-8-18(24)9-4-16/h3-6,8-11,15,20,24-25H,7,12-14H2,1-2H3,(H,23,26). The van der Waals surface area contributed by atoms with Crippen LogP contribution < -0.4 is 5.32 Å². The molecule has 6 nitrogen and oxygen atoms in total. The van der Waals surface area contributed by atoms with E-state index < -0.39 is 12.0 Å². The monoisotopic (exact) mass is 385 g/mol. The number of carbonyl (C=O) groups is 2. The minimum atomic E-state index is -0.796. The molecule has 0 bridgehead atoms. The Kier molecular flexibility index (Phi) is 7.87. The van der Waals surface area contributed by atoms with Crippen LogP contribution in [0.3, 0.4) is 0 Å². The largest absolute Gasteiger partial charge is 0.508 e. The molecule has 2 aromatic rings. The molecule has 0 saturated heterocycles. The Labute approximate surface area is 165 Å². The van der Waals surface area contributed by atoms with E-state index in [0.717, 1.165) is 11.1 Å². The third-order valence-electron chi connectivity index (χ3n) is 4.13. The molecule has 0 fully saturated rings. The number of esters is 1. The maximum absolute atomic E-state index is 12.5. The molecular weight excluding hydrogens is 358 g/mol. The summed E-state index contributed by atoms with van der Waals surface area (Å²) in [7, 11) is 0. The smallest absolute Gasteiger partial charge is 0.328 e. The number of amides is 1. The van der Waals surface area contributed by atoms with Crippen molar-refractivity contribution in [3.8, 4) is 11.5 Å². The van der Waals surface area contributed by atoms with Gasteiger partial charge in [-0.05, 0) is 47.7 Å². The van der Waals surface area contributed by atoms with Gasteiger partial charge in [0.05, 0.1) is 6.61 Å². The van der Waals surface area contributed by atoms with E-state index in [4.69, 9.17) is 4.74 Å². The third kappa shape index (κ3) is 7.31. The Balaban J connectivity index is 1.98. The lowest BCUT2D eigenvalue weighted by atomic mass is 10.0. The minimum absolute atomic E-state index is 0.139. The van der Waals surface area contributed by atoms with Gasteiger partial charge in [0.1, 0.15) is 17.5 Å². The molecule has 0 aliphatic heterocycles. The van der Waals surface area contributed by atoms with Crippen LogP contribution in [0.4, 0.5) is 0 Å². The van der Waals surface area contributed by atoms with Gasteiger partial charge < -0.3 is 20.3 Å². The summed E-state index contributed by atoms with van der Waals surface area (Å²) in [4.78, 5) is 24.8. The maximum Gasteiger partial charge on any atom is 0.328 e. The molecule has 3 N–H and O–H groups in total. The van der Waals surface area contributed by atoms with Crippen molar-refractivity contribution in [2.24, 2.45) is 5.92 Å². The van der Waals surface area contributed by atoms with E-state index in [1.54, 1.807) is 48.5 Å². The van der Waals surface area contributed by atoms with Crippen LogP contribution in [0.1, 0.15) is 31.4 Å². The van der Waals surface area contributed by atoms with E-state index in [-0.39, 0.29) is 42.8 Å². The van der Waals surface area contributed by atoms with Gasteiger partial charge in [-0.3, -0.25) is 4.79 Å². The molecule has 0 radical (unpaired) electrons. The van der Waals surface area contributed by atoms with E-state index in [1.165, 1.54) is 0 Å². The zero-order chi connectivity index (χ0) is 20.5. The van der Waals surface area contributed by atoms with Crippen molar-refractivity contribution < 1.29 is 24.5 Å². The molecule has 1 amide bonds. The first-order chi connectivity index (χ1) is 13.3. The molecule has 150 valence electrons. The number of nitrogens with one attached hydrogen (secondary N) is 1. The van der Waals surface area contributed by atoms with Crippen LogP contribution in [0.2, 0.25) is 0 Å². The van der Waals surface area contributed by atoms with Gasteiger partial charge in [-0.25, -0.2) is 4.79 Å². The van der Waals surface area contributed by atoms with Crippen molar-refractivity contribution in [2.75, 3.05) is 6.61 Å². The fourth-order valence-electron chi connectivity index (χ4n) is 2.60. The Hall–Kier alpha value is -3.02. The second-order valence-electron chi connectivity index (χ2n) is 7.18. The summed E-state index contributed by atoms with van der Waals surface area (Å²) in [6.07, 6.45) is 0.996. The fraction of sp³-hybridized carbons (Fsp3) is 0.364. The number of hydrogen-bond donors (Lipinski definition) is 3. The zero-order valence-corrected chi connectivity index (χ0v) is 16.2. The van der Waals surface area contributed by atoms with Crippen LogP contribution in [0.15, 0.2) is 48.5 Å². The molecule has 28 heavy (non-hydrogen) atoms. The lowest BCUT2D eigenvalue weighted by molar-refractivity contribution is -0.148. The lowest BCUT2D eigenvalue weighted by Crippen LogP contribution is -2.43. The van der Waals surface area contributed by atoms with E-state index in [2.05, 4.69) is 5.32 Å². The number of carbonyl (C=O) groups excluding carboxylic acids is 2. The molecule has 1 unspecified atom stereocenters. The molecule has 1 atom stereocenters. The third-order valence-corrected chi connectivity index (χ3v) is 4.13. The summed E-state index contributed by atoms with van der Waals surface area (Å²) in [6.45, 7) is 4.17. The Morgan fingerprint density at radius 3 is 2.00 bits per heavy atom. The van der Waals surface area contributed by atoms with Crippen molar-refractivity contribution in [1.29, 1.82) is 0 Å². The van der Waals surface area contributed by atoms with Crippen LogP contribution in [-0.2, 0) is 27.2 Å². The van der Waals surface area contributed by atoms with Crippen LogP contribution in [-0.4, -0.2) is 34.7 Å². The second kappa shape index (κ2) is 10.3. The summed E-state index contributed by atoms with van der Waals surface area (Å²) < 4.78 is 5.31. The molecule has 6 heteroatoms. The number of aryl methyl sites for hydroxylation is 1. The molecule has 2 rings (SSSR count). The highest BCUT2D eigenvalue weighted by atomic mass is 16.5. The number of benzene rings is 2. The van der Waals surface area contributed by atoms with Crippen LogP contribution in [0, 0.1) is 5.92 Å². The molecular formula is C22H27NO5. The Bertz CT molecular complexity index is 769. The first-order valence-electron chi connectivity index (χ1n) is 9.35. The van der Waals surface area contributed by atoms with Gasteiger partial charge in [0, 0.05) is 12.8 Å². The maximum atomic E-state index is 12.5. The van der Waals surface area contributed by atoms with Crippen molar-refractivity contribution in [3.63, 3.8) is 0 Å². The second-order valence-corrected chi connectivity index (χ2v) is 7.18. The normalized spacial score (nSPS) is 11.8. The molecule has 0 aliphatic rings. The SMILES string of the molecule is CC(C)COC(=O)C(Cc1ccc(O)cc1)NC(=O)CCc1ccc(O)cc1. The first kappa shape index (κ1) is 21.3. The number of phenols is 2. The predicted molar refractivity (Wildman–Crippen MR) is 106 cm³/mol. The highest BCUT2D eigenvalue weighted by Crippen LogP contribution is 2.13. The zero-order valence-electron chi connectivity index (χ0n) is 16.2. The first-order valence-corrected chi connectivity index (χ1v) is 9.35. The topological polar surface area (TPSA) is 95.9 Å². The molecule has 0 spiro atoms. The predicted octanol–water partition coefficient (Wildman–Crippen LogP) is 2.96. The van der Waals surface area contributed by atoms with Crippen molar-refractivity contribution >= 4 is 11.9 Å². The highest BCUT2D eigenvalue weighted by Gasteiger charge is 2.23. The van der Waals surface area contributed by atoms with Gasteiger partial charge in [-0.2, -0.15) is 0 Å². The highest BCUT2D eigenvalue weighted by molar-refractivity contribution is 5.84. The molecule has 0 aromatic heterocycles. The molecule has 2 aromatic carbocycles. The van der Waals surface area contributed by atoms with Crippen molar-refractivity contribution in [2.45, 2.75) is 39.2 Å². The van der Waals surface area contributed by atoms with Gasteiger partial charge in [-0.15, -0.1) is 0 Å². The van der Waals surface area contributed by atoms with E-state index in [9.17, 15) is 19.8 Å². The van der Waals surface area contributed by atoms with E-state index in [1.807, 2.05) is 13.8 Å². The van der Waals surface area contributed by atoms with E-state index in [0.29, 0.717) is 6.42 Å². The van der Waals surface area contributed by atoms with Gasteiger partial charge in [0.2, 0.25) is 5.91 Å². The van der Waals surface area contributed by atoms with Crippen molar-refractivity contribution in [1.82, 2.24) is 5.32 Å². The fourth-order valence-corrected chi connectivity index (χ4v) is 2.60. The number of ether oxygens (including phenoxy) is 1. The molecule has 0 saturated carbocycles. The number of phenolic OH excluding ortho intramolecular Hbond substituents is 2. The lowest BCUT2D eigenvalue weighted by Gasteiger charge is -2.19. The molecule has 0 heterocycles. The molecule has 0 aliphatic carbocycles. The minimum Gasteiger partial charge on any atom is -0.508 e. The van der Waals surface area contributed by atoms with Crippen LogP contribution in [0.5, 0.6) is 11.5 Å². The quantitative estimate of drug-likeness (QED) is 0.577. The average molecular weight is 385 g/mol. The number of rotatable bonds is 9. The summed E-state index contributed by atoms with van der Waals surface area (Å²) in [5.41, 5.74) is 1.73. The van der Waals surface area contributed by atoms with Gasteiger partial charge in [0.15, 0.2) is 0 Å². The van der Waals surface area contributed by atoms with Gasteiger partial charge in [0.25, 0.3) is 0 Å². The van der Waals surface area contributed by atoms with E-state index >= 15 is 0 Å². The van der Waals surface area contributed by atoms with Gasteiger partial charge in [-0.1, -0.05) is 38.1 Å². The van der Waals surface area contributed by atoms with Crippen LogP contribution >= 0.6 is 0 Å². The summed E-state index contributed by atoms with van der Waals surface area (Å²) in [5, 5.41) is 21.5. The average Bonchev–Trinajstić information content (AvgIpc) is 2.66. The Morgan fingerprint density at radius 2 is 1.46 bits per heavy atom. The Morgan fingerprint density at radius 1 is 0.929 bits per heavy atom. The summed E-state index contributed by atoms with van der Waals surface area (Å²) in [5.74, 6) is -0.211. The number of hydrogen-bond acceptors (Lipinski definition) is 5. The summed E-state index contributed by atoms with van der Waals surface area (Å²) >= 11 is 0.